The van der Waals surface area contributed by atoms with E-state index in [2.05, 4.69) is 11.4 Å². The van der Waals surface area contributed by atoms with Gasteiger partial charge in [-0.15, -0.1) is 0 Å². The first-order chi connectivity index (χ1) is 6.79. The molecule has 2 nitrogen and oxygen atoms in total. The molecule has 4 atom stereocenters. The first kappa shape index (κ1) is 9.92. The van der Waals surface area contributed by atoms with Gasteiger partial charge in [0, 0.05) is 18.0 Å². The van der Waals surface area contributed by atoms with Gasteiger partial charge < -0.3 is 5.32 Å². The second kappa shape index (κ2) is 4.27. The Kier molecular flexibility index (Phi) is 3.02. The minimum Gasteiger partial charge on any atom is -0.308 e. The zero-order valence-electron chi connectivity index (χ0n) is 8.38. The van der Waals surface area contributed by atoms with Crippen molar-refractivity contribution < 1.29 is 4.39 Å². The third-order valence-electron chi connectivity index (χ3n) is 3.50. The predicted octanol–water partition coefficient (Wildman–Crippen LogP) is 2.16. The predicted molar refractivity (Wildman–Crippen MR) is 52.4 cm³/mol. The third-order valence-corrected chi connectivity index (χ3v) is 3.50. The lowest BCUT2D eigenvalue weighted by atomic mass is 10.1. The summed E-state index contributed by atoms with van der Waals surface area (Å²) >= 11 is 0. The minimum atomic E-state index is -0.656. The Morgan fingerprint density at radius 1 is 1.21 bits per heavy atom. The normalized spacial score (nSPS) is 42.6. The molecular formula is C11H17FN2. The van der Waals surface area contributed by atoms with Crippen molar-refractivity contribution in [3.8, 4) is 6.07 Å². The average Bonchev–Trinajstić information content (AvgIpc) is 2.77. The quantitative estimate of drug-likeness (QED) is 0.734. The first-order valence-electron chi connectivity index (χ1n) is 5.59. The molecule has 0 aromatic carbocycles. The molecule has 3 heteroatoms. The summed E-state index contributed by atoms with van der Waals surface area (Å²) in [6.45, 7) is 0. The second-order valence-corrected chi connectivity index (χ2v) is 4.56. The molecule has 0 amide bonds. The van der Waals surface area contributed by atoms with E-state index >= 15 is 0 Å². The molecule has 2 aliphatic rings. The van der Waals surface area contributed by atoms with Crippen LogP contribution in [0, 0.1) is 17.2 Å². The Morgan fingerprint density at radius 3 is 2.64 bits per heavy atom. The van der Waals surface area contributed by atoms with Gasteiger partial charge in [0.25, 0.3) is 0 Å². The highest BCUT2D eigenvalue weighted by molar-refractivity contribution is 4.95. The van der Waals surface area contributed by atoms with Crippen LogP contribution in [0.15, 0.2) is 0 Å². The van der Waals surface area contributed by atoms with E-state index in [9.17, 15) is 4.39 Å². The molecule has 0 saturated heterocycles. The van der Waals surface area contributed by atoms with Crippen LogP contribution in [0.3, 0.4) is 0 Å². The van der Waals surface area contributed by atoms with Gasteiger partial charge in [-0.3, -0.25) is 0 Å². The van der Waals surface area contributed by atoms with Crippen LogP contribution < -0.4 is 5.32 Å². The SMILES string of the molecule is N#CC1CCC(N[C@@H]2CCC[C@@H]2F)C1. The zero-order valence-corrected chi connectivity index (χ0v) is 8.38. The summed E-state index contributed by atoms with van der Waals surface area (Å²) in [7, 11) is 0. The summed E-state index contributed by atoms with van der Waals surface area (Å²) in [6.07, 6.45) is 4.98. The number of hydrogen-bond donors (Lipinski definition) is 1. The van der Waals surface area contributed by atoms with Gasteiger partial charge in [-0.1, -0.05) is 0 Å². The van der Waals surface area contributed by atoms with E-state index in [1.54, 1.807) is 0 Å². The number of nitrogens with one attached hydrogen (secondary N) is 1. The molecule has 0 spiro atoms. The van der Waals surface area contributed by atoms with Gasteiger partial charge in [0.05, 0.1) is 6.07 Å². The Hall–Kier alpha value is -0.620. The second-order valence-electron chi connectivity index (χ2n) is 4.56. The third kappa shape index (κ3) is 2.06. The van der Waals surface area contributed by atoms with Crippen LogP contribution in [0.2, 0.25) is 0 Å². The highest BCUT2D eigenvalue weighted by Crippen LogP contribution is 2.28. The fourth-order valence-electron chi connectivity index (χ4n) is 2.66. The number of rotatable bonds is 2. The van der Waals surface area contributed by atoms with Crippen LogP contribution in [-0.2, 0) is 0 Å². The summed E-state index contributed by atoms with van der Waals surface area (Å²) in [5, 5.41) is 12.1. The monoisotopic (exact) mass is 196 g/mol. The lowest BCUT2D eigenvalue weighted by Gasteiger charge is -2.20. The molecule has 2 unspecified atom stereocenters. The number of hydrogen-bond acceptors (Lipinski definition) is 2. The summed E-state index contributed by atoms with van der Waals surface area (Å²) in [6, 6.07) is 2.75. The molecule has 0 aliphatic heterocycles. The lowest BCUT2D eigenvalue weighted by molar-refractivity contribution is 0.263. The summed E-state index contributed by atoms with van der Waals surface area (Å²) in [4.78, 5) is 0. The molecule has 0 heterocycles. The maximum Gasteiger partial charge on any atom is 0.115 e. The van der Waals surface area contributed by atoms with E-state index in [-0.39, 0.29) is 12.0 Å². The van der Waals surface area contributed by atoms with E-state index < -0.39 is 6.17 Å². The van der Waals surface area contributed by atoms with Crippen molar-refractivity contribution in [1.82, 2.24) is 5.32 Å². The molecule has 78 valence electrons. The summed E-state index contributed by atoms with van der Waals surface area (Å²) in [5.74, 6) is 0.201. The van der Waals surface area contributed by atoms with Crippen molar-refractivity contribution in [1.29, 1.82) is 5.26 Å². The maximum absolute atomic E-state index is 13.3. The number of nitrogens with zero attached hydrogens (tertiary/aromatic N) is 1. The first-order valence-corrected chi connectivity index (χ1v) is 5.59. The van der Waals surface area contributed by atoms with Gasteiger partial charge in [0.1, 0.15) is 6.17 Å². The topological polar surface area (TPSA) is 35.8 Å². The van der Waals surface area contributed by atoms with E-state index in [0.29, 0.717) is 12.5 Å². The molecule has 2 saturated carbocycles. The van der Waals surface area contributed by atoms with Gasteiger partial charge in [-0.25, -0.2) is 4.39 Å². The standard InChI is InChI=1S/C11H17FN2/c12-10-2-1-3-11(10)14-9-5-4-8(6-9)7-13/h8-11,14H,1-6H2/t8?,9?,10-,11+/m0/s1. The fourth-order valence-corrected chi connectivity index (χ4v) is 2.66. The highest BCUT2D eigenvalue weighted by Gasteiger charge is 2.31. The Labute approximate surface area is 84.5 Å². The maximum atomic E-state index is 13.3. The minimum absolute atomic E-state index is 0.0671. The van der Waals surface area contributed by atoms with Crippen LogP contribution in [0.4, 0.5) is 4.39 Å². The van der Waals surface area contributed by atoms with Crippen LogP contribution >= 0.6 is 0 Å². The van der Waals surface area contributed by atoms with Gasteiger partial charge in [-0.2, -0.15) is 5.26 Å². The van der Waals surface area contributed by atoms with E-state index in [4.69, 9.17) is 5.26 Å². The zero-order chi connectivity index (χ0) is 9.97. The molecule has 0 aromatic heterocycles. The molecule has 1 N–H and O–H groups in total. The Morgan fingerprint density at radius 2 is 2.07 bits per heavy atom. The Bertz CT molecular complexity index is 236. The average molecular weight is 196 g/mol. The fraction of sp³-hybridized carbons (Fsp3) is 0.909. The van der Waals surface area contributed by atoms with Gasteiger partial charge in [0.2, 0.25) is 0 Å². The molecule has 2 rings (SSSR count). The molecule has 2 fully saturated rings. The van der Waals surface area contributed by atoms with Gasteiger partial charge in [-0.05, 0) is 38.5 Å². The van der Waals surface area contributed by atoms with Crippen molar-refractivity contribution in [3.63, 3.8) is 0 Å². The van der Waals surface area contributed by atoms with Crippen molar-refractivity contribution in [2.24, 2.45) is 5.92 Å². The number of nitriles is 1. The van der Waals surface area contributed by atoms with Crippen molar-refractivity contribution in [2.45, 2.75) is 56.8 Å². The van der Waals surface area contributed by atoms with Crippen LogP contribution in [0.5, 0.6) is 0 Å². The molecular weight excluding hydrogens is 179 g/mol. The van der Waals surface area contributed by atoms with Crippen LogP contribution in [-0.4, -0.2) is 18.3 Å². The molecule has 0 radical (unpaired) electrons. The molecule has 14 heavy (non-hydrogen) atoms. The van der Waals surface area contributed by atoms with Crippen molar-refractivity contribution in [3.05, 3.63) is 0 Å². The van der Waals surface area contributed by atoms with Crippen molar-refractivity contribution >= 4 is 0 Å². The van der Waals surface area contributed by atoms with E-state index in [1.807, 2.05) is 0 Å². The lowest BCUT2D eigenvalue weighted by Crippen LogP contribution is -2.40. The largest absolute Gasteiger partial charge is 0.308 e. The van der Waals surface area contributed by atoms with Gasteiger partial charge in [0.15, 0.2) is 0 Å². The van der Waals surface area contributed by atoms with Crippen LogP contribution in [0.25, 0.3) is 0 Å². The smallest absolute Gasteiger partial charge is 0.115 e. The van der Waals surface area contributed by atoms with E-state index in [1.165, 1.54) is 0 Å². The molecule has 0 aromatic rings. The molecule has 0 bridgehead atoms. The summed E-state index contributed by atoms with van der Waals surface area (Å²) in [5.41, 5.74) is 0. The number of alkyl halides is 1. The summed E-state index contributed by atoms with van der Waals surface area (Å²) < 4.78 is 13.3. The molecule has 2 aliphatic carbocycles. The Balaban J connectivity index is 1.79. The highest BCUT2D eigenvalue weighted by atomic mass is 19.1. The van der Waals surface area contributed by atoms with E-state index in [0.717, 1.165) is 32.1 Å². The van der Waals surface area contributed by atoms with Gasteiger partial charge >= 0.3 is 0 Å². The van der Waals surface area contributed by atoms with Crippen molar-refractivity contribution in [2.75, 3.05) is 0 Å². The number of halogens is 1. The van der Waals surface area contributed by atoms with Crippen LogP contribution in [0.1, 0.15) is 38.5 Å².